The van der Waals surface area contributed by atoms with Crippen molar-refractivity contribution in [2.24, 2.45) is 0 Å². The van der Waals surface area contributed by atoms with Gasteiger partial charge < -0.3 is 19.5 Å². The Kier molecular flexibility index (Phi) is 6.00. The first-order chi connectivity index (χ1) is 9.99. The molecule has 1 rings (SSSR count). The standard InChI is InChI=1S/C16H29N3O3/c1-12-10-13(22-18-12)11-17-8-9-19(15(2,3)4)14(20)21-16(5,6)7/h10,17H,8-9,11H2,1-7H3. The van der Waals surface area contributed by atoms with Crippen molar-refractivity contribution in [3.8, 4) is 0 Å². The second-order valence-corrected chi connectivity index (χ2v) is 7.41. The Bertz CT molecular complexity index is 484. The Balaban J connectivity index is 2.50. The second kappa shape index (κ2) is 7.13. The first kappa shape index (κ1) is 18.5. The first-order valence-corrected chi connectivity index (χ1v) is 7.62. The number of amides is 1. The molecule has 1 aromatic rings. The molecule has 0 aliphatic rings. The topological polar surface area (TPSA) is 67.6 Å². The van der Waals surface area contributed by atoms with Crippen LogP contribution in [0.1, 0.15) is 53.0 Å². The molecule has 1 aromatic heterocycles. The fourth-order valence-electron chi connectivity index (χ4n) is 1.92. The molecule has 0 fully saturated rings. The largest absolute Gasteiger partial charge is 0.444 e. The van der Waals surface area contributed by atoms with Gasteiger partial charge in [-0.15, -0.1) is 0 Å². The third kappa shape index (κ3) is 6.47. The summed E-state index contributed by atoms with van der Waals surface area (Å²) in [6.07, 6.45) is -0.294. The number of hydrogen-bond donors (Lipinski definition) is 1. The highest BCUT2D eigenvalue weighted by atomic mass is 16.6. The van der Waals surface area contributed by atoms with Crippen LogP contribution in [-0.2, 0) is 11.3 Å². The zero-order chi connectivity index (χ0) is 17.0. The van der Waals surface area contributed by atoms with Gasteiger partial charge in [-0.3, -0.25) is 0 Å². The Morgan fingerprint density at radius 1 is 1.32 bits per heavy atom. The summed E-state index contributed by atoms with van der Waals surface area (Å²) in [5.41, 5.74) is 0.0694. The maximum Gasteiger partial charge on any atom is 0.410 e. The molecule has 0 aromatic carbocycles. The average molecular weight is 311 g/mol. The number of rotatable bonds is 5. The lowest BCUT2D eigenvalue weighted by molar-refractivity contribution is 0.00661. The molecule has 0 saturated heterocycles. The highest BCUT2D eigenvalue weighted by Gasteiger charge is 2.30. The van der Waals surface area contributed by atoms with Gasteiger partial charge in [0.25, 0.3) is 0 Å². The number of ether oxygens (including phenoxy) is 1. The summed E-state index contributed by atoms with van der Waals surface area (Å²) >= 11 is 0. The van der Waals surface area contributed by atoms with Gasteiger partial charge in [0, 0.05) is 24.7 Å². The molecule has 0 bridgehead atoms. The van der Waals surface area contributed by atoms with Crippen molar-refractivity contribution in [1.29, 1.82) is 0 Å². The van der Waals surface area contributed by atoms with Crippen molar-refractivity contribution >= 4 is 6.09 Å². The van der Waals surface area contributed by atoms with Gasteiger partial charge in [-0.25, -0.2) is 4.79 Å². The van der Waals surface area contributed by atoms with Crippen LogP contribution in [0.3, 0.4) is 0 Å². The fraction of sp³-hybridized carbons (Fsp3) is 0.750. The van der Waals surface area contributed by atoms with Crippen molar-refractivity contribution in [3.63, 3.8) is 0 Å². The minimum Gasteiger partial charge on any atom is -0.444 e. The lowest BCUT2D eigenvalue weighted by Crippen LogP contribution is -2.50. The maximum absolute atomic E-state index is 12.3. The molecule has 6 heteroatoms. The van der Waals surface area contributed by atoms with Gasteiger partial charge in [-0.1, -0.05) is 5.16 Å². The molecular formula is C16H29N3O3. The van der Waals surface area contributed by atoms with Crippen molar-refractivity contribution in [3.05, 3.63) is 17.5 Å². The molecule has 1 heterocycles. The van der Waals surface area contributed by atoms with Gasteiger partial charge >= 0.3 is 6.09 Å². The number of aryl methyl sites for hydroxylation is 1. The van der Waals surface area contributed by atoms with Crippen LogP contribution in [0.15, 0.2) is 10.6 Å². The van der Waals surface area contributed by atoms with E-state index in [0.29, 0.717) is 19.6 Å². The van der Waals surface area contributed by atoms with Crippen molar-refractivity contribution in [2.75, 3.05) is 13.1 Å². The van der Waals surface area contributed by atoms with E-state index in [-0.39, 0.29) is 11.6 Å². The Labute approximate surface area is 133 Å². The molecule has 1 N–H and O–H groups in total. The normalized spacial score (nSPS) is 12.3. The smallest absolute Gasteiger partial charge is 0.410 e. The highest BCUT2D eigenvalue weighted by molar-refractivity contribution is 5.69. The van der Waals surface area contributed by atoms with Crippen LogP contribution in [0.25, 0.3) is 0 Å². The van der Waals surface area contributed by atoms with Gasteiger partial charge in [0.1, 0.15) is 5.60 Å². The minimum absolute atomic E-state index is 0.294. The summed E-state index contributed by atoms with van der Waals surface area (Å²) in [4.78, 5) is 14.1. The van der Waals surface area contributed by atoms with Crippen LogP contribution >= 0.6 is 0 Å². The van der Waals surface area contributed by atoms with Gasteiger partial charge in [0.05, 0.1) is 12.2 Å². The maximum atomic E-state index is 12.3. The Morgan fingerprint density at radius 3 is 2.41 bits per heavy atom. The predicted octanol–water partition coefficient (Wildman–Crippen LogP) is 3.11. The SMILES string of the molecule is Cc1cc(CNCCN(C(=O)OC(C)(C)C)C(C)(C)C)on1. The van der Waals surface area contributed by atoms with Crippen LogP contribution in [0.5, 0.6) is 0 Å². The average Bonchev–Trinajstić information content (AvgIpc) is 2.70. The van der Waals surface area contributed by atoms with E-state index in [1.54, 1.807) is 4.90 Å². The summed E-state index contributed by atoms with van der Waals surface area (Å²) in [5.74, 6) is 0.789. The zero-order valence-corrected chi connectivity index (χ0v) is 14.8. The third-order valence-electron chi connectivity index (χ3n) is 2.91. The second-order valence-electron chi connectivity index (χ2n) is 7.41. The van der Waals surface area contributed by atoms with Crippen molar-refractivity contribution < 1.29 is 14.1 Å². The number of carbonyl (C=O) groups excluding carboxylic acids is 1. The predicted molar refractivity (Wildman–Crippen MR) is 85.6 cm³/mol. The van der Waals surface area contributed by atoms with Crippen molar-refractivity contribution in [1.82, 2.24) is 15.4 Å². The number of hydrogen-bond acceptors (Lipinski definition) is 5. The summed E-state index contributed by atoms with van der Waals surface area (Å²) in [7, 11) is 0. The first-order valence-electron chi connectivity index (χ1n) is 7.62. The lowest BCUT2D eigenvalue weighted by Gasteiger charge is -2.36. The molecule has 6 nitrogen and oxygen atoms in total. The monoisotopic (exact) mass is 311 g/mol. The van der Waals surface area contributed by atoms with Crippen LogP contribution in [-0.4, -0.2) is 40.4 Å². The van der Waals surface area contributed by atoms with Crippen molar-refractivity contribution in [2.45, 2.75) is 66.2 Å². The van der Waals surface area contributed by atoms with Crippen LogP contribution in [0, 0.1) is 6.92 Å². The van der Waals surface area contributed by atoms with Gasteiger partial charge in [0.2, 0.25) is 0 Å². The lowest BCUT2D eigenvalue weighted by atomic mass is 10.1. The van der Waals surface area contributed by atoms with Gasteiger partial charge in [-0.05, 0) is 48.5 Å². The molecule has 22 heavy (non-hydrogen) atoms. The minimum atomic E-state index is -0.495. The van der Waals surface area contributed by atoms with E-state index in [1.165, 1.54) is 0 Å². The van der Waals surface area contributed by atoms with Gasteiger partial charge in [0.15, 0.2) is 5.76 Å². The van der Waals surface area contributed by atoms with Crippen LogP contribution < -0.4 is 5.32 Å². The highest BCUT2D eigenvalue weighted by Crippen LogP contribution is 2.17. The summed E-state index contributed by atoms with van der Waals surface area (Å²) in [6, 6.07) is 1.89. The summed E-state index contributed by atoms with van der Waals surface area (Å²) in [6.45, 7) is 15.3. The molecule has 0 spiro atoms. The van der Waals surface area contributed by atoms with E-state index in [0.717, 1.165) is 11.5 Å². The molecule has 0 unspecified atom stereocenters. The number of aromatic nitrogens is 1. The van der Waals surface area contributed by atoms with E-state index in [1.807, 2.05) is 54.5 Å². The van der Waals surface area contributed by atoms with E-state index >= 15 is 0 Å². The van der Waals surface area contributed by atoms with E-state index in [4.69, 9.17) is 9.26 Å². The van der Waals surface area contributed by atoms with E-state index < -0.39 is 5.60 Å². The van der Waals surface area contributed by atoms with Crippen LogP contribution in [0.4, 0.5) is 4.79 Å². The molecule has 0 aliphatic heterocycles. The number of nitrogens with one attached hydrogen (secondary N) is 1. The molecule has 0 radical (unpaired) electrons. The zero-order valence-electron chi connectivity index (χ0n) is 14.8. The third-order valence-corrected chi connectivity index (χ3v) is 2.91. The van der Waals surface area contributed by atoms with E-state index in [2.05, 4.69) is 10.5 Å². The van der Waals surface area contributed by atoms with Gasteiger partial charge in [-0.2, -0.15) is 0 Å². The molecular weight excluding hydrogens is 282 g/mol. The Hall–Kier alpha value is -1.56. The quantitative estimate of drug-likeness (QED) is 0.846. The van der Waals surface area contributed by atoms with E-state index in [9.17, 15) is 4.79 Å². The molecule has 0 aliphatic carbocycles. The van der Waals surface area contributed by atoms with Crippen LogP contribution in [0.2, 0.25) is 0 Å². The summed E-state index contributed by atoms with van der Waals surface area (Å²) in [5, 5.41) is 7.09. The Morgan fingerprint density at radius 2 is 1.95 bits per heavy atom. The summed E-state index contributed by atoms with van der Waals surface area (Å²) < 4.78 is 10.6. The number of carbonyl (C=O) groups is 1. The molecule has 126 valence electrons. The fourth-order valence-corrected chi connectivity index (χ4v) is 1.92. The molecule has 1 amide bonds. The number of nitrogens with zero attached hydrogens (tertiary/aromatic N) is 2. The molecule has 0 saturated carbocycles. The molecule has 0 atom stereocenters.